The number of aliphatic carboxylic acids is 1. The Labute approximate surface area is 102 Å². The molecule has 2 aromatic heterocycles. The molecule has 3 rings (SSSR count). The number of carboxylic acids is 1. The number of rotatable bonds is 3. The fraction of sp³-hybridized carbons (Fsp3) is 0.333. The van der Waals surface area contributed by atoms with Crippen LogP contribution < -0.4 is 0 Å². The zero-order valence-corrected chi connectivity index (χ0v) is 9.87. The van der Waals surface area contributed by atoms with E-state index in [0.717, 1.165) is 11.3 Å². The first-order chi connectivity index (χ1) is 8.22. The largest absolute Gasteiger partial charge is 0.481 e. The summed E-state index contributed by atoms with van der Waals surface area (Å²) >= 11 is 1.55. The second-order valence-electron chi connectivity index (χ2n) is 4.29. The average Bonchev–Trinajstić information content (AvgIpc) is 2.83. The molecular weight excluding hydrogens is 238 g/mol. The van der Waals surface area contributed by atoms with E-state index >= 15 is 0 Å². The zero-order chi connectivity index (χ0) is 11.9. The molecule has 1 saturated carbocycles. The van der Waals surface area contributed by atoms with Crippen molar-refractivity contribution in [3.63, 3.8) is 0 Å². The van der Waals surface area contributed by atoms with Gasteiger partial charge in [0.25, 0.3) is 0 Å². The summed E-state index contributed by atoms with van der Waals surface area (Å²) in [7, 11) is 0. The van der Waals surface area contributed by atoms with Gasteiger partial charge in [0.2, 0.25) is 0 Å². The fourth-order valence-electron chi connectivity index (χ4n) is 2.15. The first-order valence-electron chi connectivity index (χ1n) is 5.47. The summed E-state index contributed by atoms with van der Waals surface area (Å²) in [5, 5.41) is 15.2. The van der Waals surface area contributed by atoms with Gasteiger partial charge in [0.1, 0.15) is 11.1 Å². The number of thiophene rings is 1. The maximum atomic E-state index is 11.3. The van der Waals surface area contributed by atoms with Gasteiger partial charge in [-0.3, -0.25) is 4.79 Å². The highest BCUT2D eigenvalue weighted by Gasteiger charge is 2.48. The molecule has 0 aliphatic heterocycles. The fourth-order valence-corrected chi connectivity index (χ4v) is 2.82. The molecule has 2 heterocycles. The third kappa shape index (κ3) is 1.50. The summed E-state index contributed by atoms with van der Waals surface area (Å²) in [5.74, 6) is -0.141. The minimum absolute atomic E-state index is 0.555. The summed E-state index contributed by atoms with van der Waals surface area (Å²) in [4.78, 5) is 12.3. The van der Waals surface area contributed by atoms with Gasteiger partial charge in [0.05, 0.1) is 4.88 Å². The van der Waals surface area contributed by atoms with Crippen molar-refractivity contribution in [3.05, 3.63) is 29.3 Å². The molecule has 0 saturated heterocycles. The van der Waals surface area contributed by atoms with E-state index in [-0.39, 0.29) is 0 Å². The lowest BCUT2D eigenvalue weighted by atomic mass is 9.66. The van der Waals surface area contributed by atoms with Crippen LogP contribution in [0.15, 0.2) is 28.1 Å². The lowest BCUT2D eigenvalue weighted by Gasteiger charge is -2.35. The van der Waals surface area contributed by atoms with Gasteiger partial charge in [-0.1, -0.05) is 17.6 Å². The number of hydrogen-bond donors (Lipinski definition) is 1. The summed E-state index contributed by atoms with van der Waals surface area (Å²) in [6.45, 7) is 0. The summed E-state index contributed by atoms with van der Waals surface area (Å²) in [6.07, 6.45) is 2.24. The van der Waals surface area contributed by atoms with Crippen molar-refractivity contribution in [3.8, 4) is 10.6 Å². The highest BCUT2D eigenvalue weighted by Crippen LogP contribution is 2.44. The van der Waals surface area contributed by atoms with Crippen molar-refractivity contribution in [1.29, 1.82) is 0 Å². The van der Waals surface area contributed by atoms with Gasteiger partial charge in [0.15, 0.2) is 5.76 Å². The standard InChI is InChI=1S/C12H11NO3S/c14-11(15)12(4-2-5-12)10-7-8(16-13-10)9-3-1-6-17-9/h1,3,6-7H,2,4-5H2,(H,14,15). The van der Waals surface area contributed by atoms with Crippen LogP contribution >= 0.6 is 11.3 Å². The molecule has 1 aliphatic carbocycles. The maximum absolute atomic E-state index is 11.3. The van der Waals surface area contributed by atoms with Gasteiger partial charge < -0.3 is 9.63 Å². The van der Waals surface area contributed by atoms with Crippen LogP contribution in [0.1, 0.15) is 25.0 Å². The molecule has 1 fully saturated rings. The van der Waals surface area contributed by atoms with Crippen LogP contribution in [0.3, 0.4) is 0 Å². The van der Waals surface area contributed by atoms with Gasteiger partial charge >= 0.3 is 5.97 Å². The van der Waals surface area contributed by atoms with E-state index in [1.54, 1.807) is 17.4 Å². The van der Waals surface area contributed by atoms with Crippen molar-refractivity contribution in [2.24, 2.45) is 0 Å². The summed E-state index contributed by atoms with van der Waals surface area (Å²) in [5.41, 5.74) is -0.251. The van der Waals surface area contributed by atoms with Crippen molar-refractivity contribution in [2.45, 2.75) is 24.7 Å². The number of hydrogen-bond acceptors (Lipinski definition) is 4. The third-order valence-electron chi connectivity index (χ3n) is 3.38. The average molecular weight is 249 g/mol. The van der Waals surface area contributed by atoms with Gasteiger partial charge in [-0.05, 0) is 24.3 Å². The Balaban J connectivity index is 1.98. The first-order valence-corrected chi connectivity index (χ1v) is 6.35. The molecule has 17 heavy (non-hydrogen) atoms. The number of nitrogens with zero attached hydrogens (tertiary/aromatic N) is 1. The van der Waals surface area contributed by atoms with E-state index in [0.29, 0.717) is 24.3 Å². The van der Waals surface area contributed by atoms with E-state index in [1.807, 2.05) is 17.5 Å². The molecule has 0 radical (unpaired) electrons. The zero-order valence-electron chi connectivity index (χ0n) is 9.05. The molecule has 1 aliphatic rings. The number of carboxylic acid groups (broad SMARTS) is 1. The minimum atomic E-state index is -0.807. The van der Waals surface area contributed by atoms with Crippen molar-refractivity contribution >= 4 is 17.3 Å². The van der Waals surface area contributed by atoms with E-state index in [9.17, 15) is 9.90 Å². The van der Waals surface area contributed by atoms with E-state index < -0.39 is 11.4 Å². The van der Waals surface area contributed by atoms with E-state index in [4.69, 9.17) is 4.52 Å². The normalized spacial score (nSPS) is 17.6. The van der Waals surface area contributed by atoms with E-state index in [1.165, 1.54) is 0 Å². The lowest BCUT2D eigenvalue weighted by Crippen LogP contribution is -2.42. The molecule has 0 atom stereocenters. The predicted molar refractivity (Wildman–Crippen MR) is 63.0 cm³/mol. The van der Waals surface area contributed by atoms with Crippen LogP contribution in [0.5, 0.6) is 0 Å². The molecule has 0 unspecified atom stereocenters. The summed E-state index contributed by atoms with van der Waals surface area (Å²) < 4.78 is 5.24. The van der Waals surface area contributed by atoms with Crippen LogP contribution in [-0.2, 0) is 10.2 Å². The highest BCUT2D eigenvalue weighted by atomic mass is 32.1. The molecule has 2 aromatic rings. The molecule has 5 heteroatoms. The SMILES string of the molecule is O=C(O)C1(c2cc(-c3cccs3)on2)CCC1. The van der Waals surface area contributed by atoms with Gasteiger partial charge in [-0.25, -0.2) is 0 Å². The lowest BCUT2D eigenvalue weighted by molar-refractivity contribution is -0.147. The van der Waals surface area contributed by atoms with Crippen LogP contribution in [0.4, 0.5) is 0 Å². The predicted octanol–water partition coefficient (Wildman–Crippen LogP) is 2.91. The molecule has 0 spiro atoms. The molecule has 88 valence electrons. The Hall–Kier alpha value is -1.62. The Morgan fingerprint density at radius 2 is 2.35 bits per heavy atom. The Bertz CT molecular complexity index is 540. The van der Waals surface area contributed by atoms with Gasteiger partial charge in [0, 0.05) is 6.07 Å². The maximum Gasteiger partial charge on any atom is 0.315 e. The van der Waals surface area contributed by atoms with Crippen LogP contribution in [0.2, 0.25) is 0 Å². The molecular formula is C12H11NO3S. The van der Waals surface area contributed by atoms with Crippen molar-refractivity contribution in [1.82, 2.24) is 5.16 Å². The third-order valence-corrected chi connectivity index (χ3v) is 4.27. The van der Waals surface area contributed by atoms with Crippen molar-refractivity contribution < 1.29 is 14.4 Å². The van der Waals surface area contributed by atoms with Gasteiger partial charge in [-0.15, -0.1) is 11.3 Å². The summed E-state index contributed by atoms with van der Waals surface area (Å²) in [6, 6.07) is 5.63. The van der Waals surface area contributed by atoms with Crippen LogP contribution in [-0.4, -0.2) is 16.2 Å². The topological polar surface area (TPSA) is 63.3 Å². The molecule has 0 bridgehead atoms. The minimum Gasteiger partial charge on any atom is -0.481 e. The number of aromatic nitrogens is 1. The smallest absolute Gasteiger partial charge is 0.315 e. The first kappa shape index (κ1) is 10.5. The molecule has 0 aromatic carbocycles. The molecule has 0 amide bonds. The van der Waals surface area contributed by atoms with Crippen LogP contribution in [0.25, 0.3) is 10.6 Å². The highest BCUT2D eigenvalue weighted by molar-refractivity contribution is 7.13. The second-order valence-corrected chi connectivity index (χ2v) is 5.24. The monoisotopic (exact) mass is 249 g/mol. The second kappa shape index (κ2) is 3.70. The van der Waals surface area contributed by atoms with Crippen molar-refractivity contribution in [2.75, 3.05) is 0 Å². The molecule has 1 N–H and O–H groups in total. The van der Waals surface area contributed by atoms with Crippen LogP contribution in [0, 0.1) is 0 Å². The molecule has 4 nitrogen and oxygen atoms in total. The Kier molecular flexibility index (Phi) is 2.29. The Morgan fingerprint density at radius 3 is 2.88 bits per heavy atom. The van der Waals surface area contributed by atoms with E-state index in [2.05, 4.69) is 5.16 Å². The number of carbonyl (C=O) groups is 1. The van der Waals surface area contributed by atoms with Gasteiger partial charge in [-0.2, -0.15) is 0 Å². The quantitative estimate of drug-likeness (QED) is 0.908. The Morgan fingerprint density at radius 1 is 1.53 bits per heavy atom.